The van der Waals surface area contributed by atoms with Gasteiger partial charge in [0.15, 0.2) is 11.5 Å². The third-order valence-electron chi connectivity index (χ3n) is 2.22. The fourth-order valence-electron chi connectivity index (χ4n) is 1.40. The molecular formula is C12H8Cl2O2. The van der Waals surface area contributed by atoms with Gasteiger partial charge in [-0.05, 0) is 23.8 Å². The maximum absolute atomic E-state index is 9.41. The standard InChI is InChI=1S/C12H8Cl2O2/c13-8-3-1-7(2-4-8)9-5-11(15)12(16)6-10(9)14/h1-6,15-16H. The monoisotopic (exact) mass is 254 g/mol. The second-order valence-corrected chi connectivity index (χ2v) is 4.17. The number of hydrogen-bond donors (Lipinski definition) is 2. The van der Waals surface area contributed by atoms with Gasteiger partial charge in [0.2, 0.25) is 0 Å². The number of benzene rings is 2. The average Bonchev–Trinajstić information content (AvgIpc) is 2.25. The lowest BCUT2D eigenvalue weighted by Crippen LogP contribution is -1.80. The van der Waals surface area contributed by atoms with E-state index in [1.165, 1.54) is 12.1 Å². The van der Waals surface area contributed by atoms with E-state index in [1.807, 2.05) is 0 Å². The van der Waals surface area contributed by atoms with Crippen LogP contribution in [-0.2, 0) is 0 Å². The number of rotatable bonds is 1. The van der Waals surface area contributed by atoms with Gasteiger partial charge in [0, 0.05) is 16.7 Å². The maximum Gasteiger partial charge on any atom is 0.158 e. The summed E-state index contributed by atoms with van der Waals surface area (Å²) in [6.45, 7) is 0. The summed E-state index contributed by atoms with van der Waals surface area (Å²) in [6.07, 6.45) is 0. The van der Waals surface area contributed by atoms with Crippen molar-refractivity contribution in [3.8, 4) is 22.6 Å². The zero-order chi connectivity index (χ0) is 11.7. The summed E-state index contributed by atoms with van der Waals surface area (Å²) in [4.78, 5) is 0. The predicted octanol–water partition coefficient (Wildman–Crippen LogP) is 4.07. The minimum absolute atomic E-state index is 0.200. The Morgan fingerprint density at radius 1 is 0.812 bits per heavy atom. The summed E-state index contributed by atoms with van der Waals surface area (Å²) >= 11 is 11.7. The molecule has 4 heteroatoms. The molecule has 0 aliphatic carbocycles. The van der Waals surface area contributed by atoms with Crippen molar-refractivity contribution in [1.82, 2.24) is 0 Å². The van der Waals surface area contributed by atoms with Gasteiger partial charge in [0.25, 0.3) is 0 Å². The van der Waals surface area contributed by atoms with E-state index in [1.54, 1.807) is 24.3 Å². The van der Waals surface area contributed by atoms with Crippen molar-refractivity contribution in [3.05, 3.63) is 46.4 Å². The number of hydrogen-bond acceptors (Lipinski definition) is 2. The van der Waals surface area contributed by atoms with E-state index in [2.05, 4.69) is 0 Å². The summed E-state index contributed by atoms with van der Waals surface area (Å²) in [7, 11) is 0. The Morgan fingerprint density at radius 2 is 1.38 bits per heavy atom. The second kappa shape index (κ2) is 4.24. The lowest BCUT2D eigenvalue weighted by molar-refractivity contribution is 0.404. The molecule has 0 saturated heterocycles. The maximum atomic E-state index is 9.41. The van der Waals surface area contributed by atoms with Gasteiger partial charge in [0.1, 0.15) is 0 Å². The van der Waals surface area contributed by atoms with Crippen LogP contribution in [0, 0.1) is 0 Å². The van der Waals surface area contributed by atoms with Crippen molar-refractivity contribution in [2.45, 2.75) is 0 Å². The molecule has 0 amide bonds. The van der Waals surface area contributed by atoms with Crippen LogP contribution in [0.25, 0.3) is 11.1 Å². The Kier molecular flexibility index (Phi) is 2.95. The van der Waals surface area contributed by atoms with Gasteiger partial charge in [-0.1, -0.05) is 35.3 Å². The van der Waals surface area contributed by atoms with Crippen LogP contribution < -0.4 is 0 Å². The molecule has 16 heavy (non-hydrogen) atoms. The molecule has 82 valence electrons. The van der Waals surface area contributed by atoms with Crippen LogP contribution in [0.4, 0.5) is 0 Å². The summed E-state index contributed by atoms with van der Waals surface area (Å²) in [6, 6.07) is 9.77. The Balaban J connectivity index is 2.56. The second-order valence-electron chi connectivity index (χ2n) is 3.33. The quantitative estimate of drug-likeness (QED) is 0.754. The summed E-state index contributed by atoms with van der Waals surface area (Å²) in [5, 5.41) is 19.7. The first-order valence-electron chi connectivity index (χ1n) is 4.55. The number of phenolic OH excluding ortho intramolecular Hbond substituents is 2. The van der Waals surface area contributed by atoms with Crippen molar-refractivity contribution in [2.75, 3.05) is 0 Å². The van der Waals surface area contributed by atoms with Gasteiger partial charge in [-0.2, -0.15) is 0 Å². The first-order chi connectivity index (χ1) is 7.58. The van der Waals surface area contributed by atoms with Crippen molar-refractivity contribution in [3.63, 3.8) is 0 Å². The minimum Gasteiger partial charge on any atom is -0.504 e. The van der Waals surface area contributed by atoms with Crippen LogP contribution in [0.5, 0.6) is 11.5 Å². The molecule has 0 bridgehead atoms. The van der Waals surface area contributed by atoms with Crippen LogP contribution in [0.15, 0.2) is 36.4 Å². The molecule has 0 aromatic heterocycles. The molecular weight excluding hydrogens is 247 g/mol. The van der Waals surface area contributed by atoms with Crippen LogP contribution in [0.1, 0.15) is 0 Å². The van der Waals surface area contributed by atoms with E-state index < -0.39 is 0 Å². The summed E-state index contributed by atoms with van der Waals surface area (Å²) in [5.74, 6) is -0.433. The van der Waals surface area contributed by atoms with Gasteiger partial charge in [-0.3, -0.25) is 0 Å². The first-order valence-corrected chi connectivity index (χ1v) is 5.31. The predicted molar refractivity (Wildman–Crippen MR) is 65.2 cm³/mol. The van der Waals surface area contributed by atoms with Gasteiger partial charge in [0.05, 0.1) is 5.02 Å². The fraction of sp³-hybridized carbons (Fsp3) is 0. The highest BCUT2D eigenvalue weighted by Crippen LogP contribution is 2.37. The molecule has 0 heterocycles. The van der Waals surface area contributed by atoms with E-state index in [-0.39, 0.29) is 11.5 Å². The average molecular weight is 255 g/mol. The third kappa shape index (κ3) is 2.08. The largest absolute Gasteiger partial charge is 0.504 e. The molecule has 2 N–H and O–H groups in total. The molecule has 0 fully saturated rings. The molecule has 2 aromatic carbocycles. The summed E-state index contributed by atoms with van der Waals surface area (Å²) in [5.41, 5.74) is 1.47. The van der Waals surface area contributed by atoms with Gasteiger partial charge < -0.3 is 10.2 Å². The molecule has 0 spiro atoms. The summed E-state index contributed by atoms with van der Waals surface area (Å²) < 4.78 is 0. The number of aromatic hydroxyl groups is 2. The SMILES string of the molecule is Oc1cc(Cl)c(-c2ccc(Cl)cc2)cc1O. The van der Waals surface area contributed by atoms with Crippen LogP contribution >= 0.6 is 23.2 Å². The highest BCUT2D eigenvalue weighted by molar-refractivity contribution is 6.33. The van der Waals surface area contributed by atoms with Gasteiger partial charge in [-0.15, -0.1) is 0 Å². The van der Waals surface area contributed by atoms with E-state index >= 15 is 0 Å². The molecule has 0 atom stereocenters. The van der Waals surface area contributed by atoms with E-state index in [0.717, 1.165) is 5.56 Å². The Bertz CT molecular complexity index is 521. The Labute approximate surface area is 103 Å². The highest BCUT2D eigenvalue weighted by atomic mass is 35.5. The lowest BCUT2D eigenvalue weighted by Gasteiger charge is -2.06. The molecule has 2 nitrogen and oxygen atoms in total. The highest BCUT2D eigenvalue weighted by Gasteiger charge is 2.08. The molecule has 0 saturated carbocycles. The van der Waals surface area contributed by atoms with Gasteiger partial charge in [-0.25, -0.2) is 0 Å². The normalized spacial score (nSPS) is 10.4. The molecule has 0 aliphatic rings. The van der Waals surface area contributed by atoms with Crippen molar-refractivity contribution < 1.29 is 10.2 Å². The number of halogens is 2. The lowest BCUT2D eigenvalue weighted by atomic mass is 10.1. The molecule has 2 aromatic rings. The van der Waals surface area contributed by atoms with Crippen molar-refractivity contribution >= 4 is 23.2 Å². The van der Waals surface area contributed by atoms with Crippen molar-refractivity contribution in [1.29, 1.82) is 0 Å². The minimum atomic E-state index is -0.234. The van der Waals surface area contributed by atoms with E-state index in [0.29, 0.717) is 15.6 Å². The molecule has 0 unspecified atom stereocenters. The smallest absolute Gasteiger partial charge is 0.158 e. The molecule has 0 aliphatic heterocycles. The first kappa shape index (κ1) is 11.1. The topological polar surface area (TPSA) is 40.5 Å². The van der Waals surface area contributed by atoms with Crippen LogP contribution in [-0.4, -0.2) is 10.2 Å². The zero-order valence-corrected chi connectivity index (χ0v) is 9.63. The van der Waals surface area contributed by atoms with Crippen molar-refractivity contribution in [2.24, 2.45) is 0 Å². The Hall–Kier alpha value is -1.38. The molecule has 2 rings (SSSR count). The fourth-order valence-corrected chi connectivity index (χ4v) is 1.79. The zero-order valence-electron chi connectivity index (χ0n) is 8.11. The van der Waals surface area contributed by atoms with E-state index in [4.69, 9.17) is 23.2 Å². The van der Waals surface area contributed by atoms with Crippen LogP contribution in [0.2, 0.25) is 10.0 Å². The third-order valence-corrected chi connectivity index (χ3v) is 2.78. The van der Waals surface area contributed by atoms with Gasteiger partial charge >= 0.3 is 0 Å². The number of phenols is 2. The molecule has 0 radical (unpaired) electrons. The van der Waals surface area contributed by atoms with E-state index in [9.17, 15) is 10.2 Å². The van der Waals surface area contributed by atoms with Crippen LogP contribution in [0.3, 0.4) is 0 Å². The Morgan fingerprint density at radius 3 is 2.00 bits per heavy atom.